The number of hydrogen-bond acceptors (Lipinski definition) is 6. The fourth-order valence-electron chi connectivity index (χ4n) is 2.74. The van der Waals surface area contributed by atoms with E-state index in [1.54, 1.807) is 24.3 Å². The van der Waals surface area contributed by atoms with E-state index in [9.17, 15) is 27.9 Å². The summed E-state index contributed by atoms with van der Waals surface area (Å²) in [7, 11) is 0. The van der Waals surface area contributed by atoms with Gasteiger partial charge in [-0.05, 0) is 12.1 Å². The van der Waals surface area contributed by atoms with E-state index in [0.717, 1.165) is 23.7 Å². The van der Waals surface area contributed by atoms with E-state index >= 15 is 0 Å². The van der Waals surface area contributed by atoms with Crippen LogP contribution in [0.2, 0.25) is 0 Å². The Balaban J connectivity index is 1.65. The maximum Gasteiger partial charge on any atom is 0.451 e. The van der Waals surface area contributed by atoms with Gasteiger partial charge >= 0.3 is 12.1 Å². The van der Waals surface area contributed by atoms with Crippen molar-refractivity contribution in [2.24, 2.45) is 0 Å². The largest absolute Gasteiger partial charge is 0.478 e. The molecule has 0 saturated heterocycles. The number of benzene rings is 1. The zero-order chi connectivity index (χ0) is 21.5. The highest BCUT2D eigenvalue weighted by Crippen LogP contribution is 2.36. The molecule has 3 heterocycles. The number of thiophene rings is 1. The first-order valence-corrected chi connectivity index (χ1v) is 9.16. The highest BCUT2D eigenvalue weighted by Gasteiger charge is 2.34. The number of carbonyl (C=O) groups is 2. The number of aromatic nitrogens is 2. The van der Waals surface area contributed by atoms with Gasteiger partial charge in [-0.15, -0.1) is 11.3 Å². The number of para-hydroxylation sites is 1. The number of nitrogens with zero attached hydrogens (tertiary/aromatic N) is 2. The molecule has 0 bridgehead atoms. The average molecular weight is 433 g/mol. The van der Waals surface area contributed by atoms with Crippen LogP contribution in [0.4, 0.5) is 18.9 Å². The number of rotatable bonds is 4. The van der Waals surface area contributed by atoms with Crippen LogP contribution in [0.15, 0.2) is 52.5 Å². The van der Waals surface area contributed by atoms with Crippen molar-refractivity contribution < 1.29 is 32.3 Å². The van der Waals surface area contributed by atoms with Gasteiger partial charge in [0.2, 0.25) is 5.82 Å². The number of nitrogens with one attached hydrogen (secondary N) is 1. The summed E-state index contributed by atoms with van der Waals surface area (Å²) >= 11 is 0.926. The molecule has 1 aromatic carbocycles. The molecule has 0 aliphatic rings. The molecular formula is C19H10F3N3O4S. The minimum atomic E-state index is -4.71. The predicted molar refractivity (Wildman–Crippen MR) is 101 cm³/mol. The lowest BCUT2D eigenvalue weighted by atomic mass is 10.1. The van der Waals surface area contributed by atoms with Gasteiger partial charge in [0, 0.05) is 28.7 Å². The molecule has 0 radical (unpaired) electrons. The highest BCUT2D eigenvalue weighted by atomic mass is 32.1. The van der Waals surface area contributed by atoms with Gasteiger partial charge in [-0.2, -0.15) is 13.2 Å². The van der Waals surface area contributed by atoms with Crippen LogP contribution < -0.4 is 5.32 Å². The summed E-state index contributed by atoms with van der Waals surface area (Å²) < 4.78 is 43.4. The molecule has 2 N–H and O–H groups in total. The van der Waals surface area contributed by atoms with Gasteiger partial charge < -0.3 is 14.8 Å². The first kappa shape index (κ1) is 19.6. The Morgan fingerprint density at radius 2 is 1.83 bits per heavy atom. The molecule has 0 aliphatic heterocycles. The Morgan fingerprint density at radius 1 is 1.13 bits per heavy atom. The minimum Gasteiger partial charge on any atom is -0.478 e. The molecule has 7 nitrogen and oxygen atoms in total. The van der Waals surface area contributed by atoms with E-state index in [2.05, 4.69) is 15.3 Å². The van der Waals surface area contributed by atoms with Crippen molar-refractivity contribution in [3.63, 3.8) is 0 Å². The maximum absolute atomic E-state index is 12.6. The van der Waals surface area contributed by atoms with Crippen molar-refractivity contribution in [1.29, 1.82) is 0 Å². The number of aromatic carboxylic acids is 1. The summed E-state index contributed by atoms with van der Waals surface area (Å²) in [5, 5.41) is 14.1. The molecular weight excluding hydrogens is 423 g/mol. The Labute approximate surface area is 169 Å². The van der Waals surface area contributed by atoms with Crippen molar-refractivity contribution in [2.45, 2.75) is 6.18 Å². The summed E-state index contributed by atoms with van der Waals surface area (Å²) in [6, 6.07) is 8.47. The number of carboxylic acid groups (broad SMARTS) is 1. The van der Waals surface area contributed by atoms with Gasteiger partial charge in [-0.25, -0.2) is 14.8 Å². The average Bonchev–Trinajstić information content (AvgIpc) is 3.31. The summed E-state index contributed by atoms with van der Waals surface area (Å²) in [5.74, 6) is -3.39. The van der Waals surface area contributed by atoms with E-state index in [1.165, 1.54) is 11.4 Å². The Hall–Kier alpha value is -3.73. The monoisotopic (exact) mass is 433 g/mol. The lowest BCUT2D eigenvalue weighted by molar-refractivity contribution is -0.145. The van der Waals surface area contributed by atoms with Crippen LogP contribution >= 0.6 is 11.3 Å². The smallest absolute Gasteiger partial charge is 0.451 e. The number of fused-ring (bicyclic) bond motifs is 1. The molecule has 0 aliphatic carbocycles. The van der Waals surface area contributed by atoms with Crippen LogP contribution in [0.3, 0.4) is 0 Å². The van der Waals surface area contributed by atoms with E-state index in [-0.39, 0.29) is 27.5 Å². The number of hydrogen-bond donors (Lipinski definition) is 2. The van der Waals surface area contributed by atoms with Gasteiger partial charge in [0.05, 0.1) is 10.6 Å². The quantitative estimate of drug-likeness (QED) is 0.473. The molecule has 4 rings (SSSR count). The van der Waals surface area contributed by atoms with Crippen molar-refractivity contribution in [1.82, 2.24) is 9.97 Å². The molecule has 0 saturated carbocycles. The SMILES string of the molecule is O=C(Nc1csc(-c2cnc(C(F)(F)F)nc2)c1C(=O)O)c1cc2ccccc2o1. The highest BCUT2D eigenvalue weighted by molar-refractivity contribution is 7.14. The number of carboxylic acids is 1. The van der Waals surface area contributed by atoms with E-state index < -0.39 is 23.9 Å². The van der Waals surface area contributed by atoms with Gasteiger partial charge in [0.1, 0.15) is 11.1 Å². The molecule has 0 atom stereocenters. The van der Waals surface area contributed by atoms with Crippen molar-refractivity contribution in [2.75, 3.05) is 5.32 Å². The molecule has 152 valence electrons. The van der Waals surface area contributed by atoms with Crippen LogP contribution in [0.5, 0.6) is 0 Å². The predicted octanol–water partition coefficient (Wildman–Crippen LogP) is 4.92. The normalized spacial score (nSPS) is 11.6. The Bertz CT molecular complexity index is 1230. The number of furan rings is 1. The first-order valence-electron chi connectivity index (χ1n) is 8.28. The maximum atomic E-state index is 12.6. The molecule has 1 amide bonds. The van der Waals surface area contributed by atoms with Gasteiger partial charge in [-0.3, -0.25) is 4.79 Å². The summed E-state index contributed by atoms with van der Waals surface area (Å²) in [6.45, 7) is 0. The zero-order valence-corrected chi connectivity index (χ0v) is 15.5. The van der Waals surface area contributed by atoms with E-state index in [4.69, 9.17) is 4.42 Å². The Kier molecular flexibility index (Phi) is 4.74. The van der Waals surface area contributed by atoms with E-state index in [1.807, 2.05) is 0 Å². The first-order chi connectivity index (χ1) is 14.2. The third-order valence-corrected chi connectivity index (χ3v) is 5.10. The third kappa shape index (κ3) is 3.62. The summed E-state index contributed by atoms with van der Waals surface area (Å²) in [4.78, 5) is 30.9. The van der Waals surface area contributed by atoms with Gasteiger partial charge in [0.25, 0.3) is 5.91 Å². The fourth-order valence-corrected chi connectivity index (χ4v) is 3.71. The number of carbonyl (C=O) groups excluding carboxylic acids is 1. The fraction of sp³-hybridized carbons (Fsp3) is 0.0526. The molecule has 3 aromatic heterocycles. The number of amides is 1. The Morgan fingerprint density at radius 3 is 2.47 bits per heavy atom. The van der Waals surface area contributed by atoms with Gasteiger partial charge in [0.15, 0.2) is 5.76 Å². The van der Waals surface area contributed by atoms with E-state index in [0.29, 0.717) is 11.0 Å². The standard InChI is InChI=1S/C19H10F3N3O4S/c20-19(21,22)18-23-6-10(7-24-18)15-14(17(27)28)11(8-30-15)25-16(26)13-5-9-3-1-2-4-12(9)29-13/h1-8H,(H,25,26)(H,27,28). The van der Waals surface area contributed by atoms with Crippen molar-refractivity contribution >= 4 is 39.9 Å². The third-order valence-electron chi connectivity index (χ3n) is 4.07. The molecule has 4 aromatic rings. The van der Waals surface area contributed by atoms with Crippen LogP contribution in [0.1, 0.15) is 26.7 Å². The summed E-state index contributed by atoms with van der Waals surface area (Å²) in [5.41, 5.74) is 0.268. The minimum absolute atomic E-state index is 0.0156. The molecule has 0 unspecified atom stereocenters. The van der Waals surface area contributed by atoms with Gasteiger partial charge in [-0.1, -0.05) is 18.2 Å². The number of alkyl halides is 3. The molecule has 0 spiro atoms. The topological polar surface area (TPSA) is 105 Å². The second-order valence-electron chi connectivity index (χ2n) is 6.05. The van der Waals surface area contributed by atoms with Crippen LogP contribution in [0, 0.1) is 0 Å². The second-order valence-corrected chi connectivity index (χ2v) is 6.93. The molecule has 30 heavy (non-hydrogen) atoms. The van der Waals surface area contributed by atoms with Crippen LogP contribution in [0.25, 0.3) is 21.4 Å². The molecule has 11 heteroatoms. The van der Waals surface area contributed by atoms with Crippen molar-refractivity contribution in [3.05, 3.63) is 65.3 Å². The second kappa shape index (κ2) is 7.26. The lowest BCUT2D eigenvalue weighted by Crippen LogP contribution is -2.13. The number of halogens is 3. The number of anilines is 1. The lowest BCUT2D eigenvalue weighted by Gasteiger charge is -2.06. The van der Waals surface area contributed by atoms with Crippen LogP contribution in [-0.4, -0.2) is 27.0 Å². The summed E-state index contributed by atoms with van der Waals surface area (Å²) in [6.07, 6.45) is -2.94. The van der Waals surface area contributed by atoms with Crippen molar-refractivity contribution in [3.8, 4) is 10.4 Å². The molecule has 0 fully saturated rings. The zero-order valence-electron chi connectivity index (χ0n) is 14.7. The van der Waals surface area contributed by atoms with Crippen LogP contribution in [-0.2, 0) is 6.18 Å².